The van der Waals surface area contributed by atoms with E-state index in [-0.39, 0.29) is 0 Å². The van der Waals surface area contributed by atoms with Gasteiger partial charge in [-0.1, -0.05) is 322 Å². The molecule has 1 unspecified atom stereocenters. The second kappa shape index (κ2) is 43.8. The molecule has 5 aromatic carbocycles. The molecule has 1 aromatic heterocycles. The van der Waals surface area contributed by atoms with E-state index in [0.717, 1.165) is 19.3 Å². The molecular formula is C81H119P3+2. The van der Waals surface area contributed by atoms with E-state index in [1.165, 1.54) is 248 Å². The Labute approximate surface area is 520 Å². The van der Waals surface area contributed by atoms with Crippen LogP contribution in [0.15, 0.2) is 176 Å². The van der Waals surface area contributed by atoms with Crippen LogP contribution in [0.4, 0.5) is 0 Å². The van der Waals surface area contributed by atoms with Gasteiger partial charge in [-0.25, -0.2) is 0 Å². The fourth-order valence-electron chi connectivity index (χ4n) is 13.7. The first kappa shape index (κ1) is 69.3. The molecule has 6 rings (SSSR count). The molecule has 0 saturated carbocycles. The Morgan fingerprint density at radius 3 is 0.905 bits per heavy atom. The van der Waals surface area contributed by atoms with E-state index in [4.69, 9.17) is 0 Å². The maximum absolute atomic E-state index is 2.57. The van der Waals surface area contributed by atoms with Gasteiger partial charge in [-0.15, -0.1) is 8.19 Å². The third-order valence-electron chi connectivity index (χ3n) is 18.7. The Hall–Kier alpha value is -3.78. The van der Waals surface area contributed by atoms with Gasteiger partial charge in [0.25, 0.3) is 0 Å². The zero-order valence-electron chi connectivity index (χ0n) is 53.9. The lowest BCUT2D eigenvalue weighted by molar-refractivity contribution is 0.549. The third kappa shape index (κ3) is 24.8. The Bertz CT molecular complexity index is 2490. The van der Waals surface area contributed by atoms with Crippen LogP contribution >= 0.6 is 22.7 Å². The van der Waals surface area contributed by atoms with Crippen LogP contribution in [0.3, 0.4) is 0 Å². The number of benzene rings is 5. The second-order valence-corrected chi connectivity index (χ2v) is 34.1. The van der Waals surface area contributed by atoms with Gasteiger partial charge in [-0.05, 0) is 120 Å². The highest BCUT2D eigenvalue weighted by atomic mass is 31.2. The Kier molecular flexibility index (Phi) is 36.1. The van der Waals surface area contributed by atoms with Crippen molar-refractivity contribution in [1.29, 1.82) is 0 Å². The van der Waals surface area contributed by atoms with Gasteiger partial charge in [0.05, 0.1) is 60.4 Å². The molecule has 1 heterocycles. The Balaban J connectivity index is 1.41. The highest BCUT2D eigenvalue weighted by Gasteiger charge is 2.44. The van der Waals surface area contributed by atoms with Gasteiger partial charge in [0.1, 0.15) is 0 Å². The fraction of sp³-hybridized carbons (Fsp3) is 0.531. The first-order chi connectivity index (χ1) is 41.6. The van der Waals surface area contributed by atoms with E-state index in [1.54, 1.807) is 37.6 Å². The van der Waals surface area contributed by atoms with Crippen LogP contribution in [0.25, 0.3) is 11.1 Å². The normalized spacial score (nSPS) is 11.8. The molecule has 0 aliphatic rings. The van der Waals surface area contributed by atoms with Crippen LogP contribution in [0.1, 0.15) is 249 Å². The first-order valence-corrected chi connectivity index (χ1v) is 40.6. The second-order valence-electron chi connectivity index (χ2n) is 25.1. The molecule has 0 spiro atoms. The largest absolute Gasteiger partial charge is 0.136 e. The molecule has 0 nitrogen and oxygen atoms in total. The molecule has 0 bridgehead atoms. The van der Waals surface area contributed by atoms with Crippen molar-refractivity contribution in [2.24, 2.45) is 0 Å². The molecule has 6 aromatic rings. The molecule has 0 fully saturated rings. The topological polar surface area (TPSA) is 0 Å². The molecule has 1 atom stereocenters. The first-order valence-electron chi connectivity index (χ1n) is 35.2. The average molecular weight is 1190 g/mol. The van der Waals surface area contributed by atoms with Crippen molar-refractivity contribution in [1.82, 2.24) is 0 Å². The maximum atomic E-state index is 2.57. The van der Waals surface area contributed by atoms with Crippen molar-refractivity contribution in [2.45, 2.75) is 252 Å². The van der Waals surface area contributed by atoms with Gasteiger partial charge in [0.15, 0.2) is 0 Å². The monoisotopic (exact) mass is 1180 g/mol. The SMILES string of the molecule is CCCCCCCCCCCCCc1c(-c2ccccc2)cccc[pH]c(CC[P+](CCCCCCCCCCCCC)(c2ccccc2)c2ccccc2)c1CC[P+](CCCCCCCCCCCCC)(c1ccccc1)c1ccccc1. The van der Waals surface area contributed by atoms with Crippen molar-refractivity contribution in [3.8, 4) is 11.1 Å². The molecule has 0 N–H and O–H groups in total. The Morgan fingerprint density at radius 2 is 0.548 bits per heavy atom. The summed E-state index contributed by atoms with van der Waals surface area (Å²) in [6.45, 7) is 6.99. The van der Waals surface area contributed by atoms with E-state index in [2.05, 4.69) is 196 Å². The standard InChI is InChI=1S/C81H119P3/c1-4-7-10-13-16-19-22-25-28-31-49-65-79-78(73-54-39-34-40-55-73)64-50-51-68-82-81(67-72-84(76-60-45-37-46-61-76,77-62-47-38-48-63-77)70-53-33-30-27-24-21-18-15-12-9-6-3)80(79)66-71-83(74-56-41-35-42-57-74,75-58-43-36-44-59-75)69-52-32-29-26-23-20-17-14-11-8-5-2/h34-48,50-51,54-64,68,82H,4-33,49,52-53,65-67,69-72H2,1-3H3/q+2. The summed E-state index contributed by atoms with van der Waals surface area (Å²) in [7, 11) is -2.99. The summed E-state index contributed by atoms with van der Waals surface area (Å²) in [5.74, 6) is 2.57. The highest BCUT2D eigenvalue weighted by Crippen LogP contribution is 2.59. The molecule has 0 radical (unpaired) electrons. The minimum atomic E-state index is -1.85. The minimum Gasteiger partial charge on any atom is -0.136 e. The maximum Gasteiger partial charge on any atom is 0.0991 e. The molecule has 0 aliphatic heterocycles. The van der Waals surface area contributed by atoms with Crippen LogP contribution < -0.4 is 21.2 Å². The van der Waals surface area contributed by atoms with Crippen LogP contribution in [0.5, 0.6) is 0 Å². The van der Waals surface area contributed by atoms with E-state index in [0.29, 0.717) is 8.19 Å². The Morgan fingerprint density at radius 1 is 0.250 bits per heavy atom. The molecule has 0 aliphatic carbocycles. The van der Waals surface area contributed by atoms with Gasteiger partial charge in [-0.2, -0.15) is 0 Å². The summed E-state index contributed by atoms with van der Waals surface area (Å²) >= 11 is 0. The van der Waals surface area contributed by atoms with Gasteiger partial charge >= 0.3 is 0 Å². The fourth-order valence-corrected chi connectivity index (χ4v) is 23.8. The average Bonchev–Trinajstić information content (AvgIpc) is 2.92. The van der Waals surface area contributed by atoms with E-state index in [1.807, 2.05) is 0 Å². The summed E-state index contributed by atoms with van der Waals surface area (Å²) in [5.41, 5.74) is 6.22. The van der Waals surface area contributed by atoms with Crippen LogP contribution in [0.2, 0.25) is 0 Å². The van der Waals surface area contributed by atoms with Crippen molar-refractivity contribution in [2.75, 3.05) is 24.6 Å². The number of rotatable bonds is 47. The van der Waals surface area contributed by atoms with Gasteiger partial charge < -0.3 is 0 Å². The molecule has 0 amide bonds. The van der Waals surface area contributed by atoms with Crippen molar-refractivity contribution < 1.29 is 0 Å². The molecule has 456 valence electrons. The summed E-state index contributed by atoms with van der Waals surface area (Å²) < 4.78 is 0. The van der Waals surface area contributed by atoms with Crippen molar-refractivity contribution in [3.05, 3.63) is 192 Å². The number of aryl methyl sites for hydroxylation is 1. The molecule has 84 heavy (non-hydrogen) atoms. The summed E-state index contributed by atoms with van der Waals surface area (Å²) in [4.78, 5) is 0. The summed E-state index contributed by atoms with van der Waals surface area (Å²) in [6.07, 6.45) is 54.0. The molecule has 3 heteroatoms. The van der Waals surface area contributed by atoms with Crippen molar-refractivity contribution in [3.63, 3.8) is 0 Å². The predicted octanol–water partition coefficient (Wildman–Crippen LogP) is 24.4. The zero-order chi connectivity index (χ0) is 58.7. The highest BCUT2D eigenvalue weighted by molar-refractivity contribution is 7.90. The third-order valence-corrected chi connectivity index (χ3v) is 29.2. The van der Waals surface area contributed by atoms with Crippen molar-refractivity contribution >= 4 is 43.9 Å². The minimum absolute atomic E-state index is 0.667. The number of hydrogen-bond donors (Lipinski definition) is 0. The number of unbranched alkanes of at least 4 members (excludes halogenated alkanes) is 30. The van der Waals surface area contributed by atoms with Gasteiger partial charge in [0.2, 0.25) is 0 Å². The molecule has 0 saturated heterocycles. The van der Waals surface area contributed by atoms with E-state index < -0.39 is 14.5 Å². The van der Waals surface area contributed by atoms with Gasteiger partial charge in [0, 0.05) is 12.8 Å². The van der Waals surface area contributed by atoms with Crippen LogP contribution in [0, 0.1) is 0 Å². The van der Waals surface area contributed by atoms with Crippen LogP contribution in [-0.2, 0) is 19.3 Å². The number of hydrogen-bond acceptors (Lipinski definition) is 0. The lowest BCUT2D eigenvalue weighted by Crippen LogP contribution is -2.29. The van der Waals surface area contributed by atoms with Crippen LogP contribution in [-0.4, -0.2) is 24.6 Å². The zero-order valence-corrected chi connectivity index (χ0v) is 56.7. The lowest BCUT2D eigenvalue weighted by Gasteiger charge is -2.30. The lowest BCUT2D eigenvalue weighted by atomic mass is 9.91. The summed E-state index contributed by atoms with van der Waals surface area (Å²) in [6, 6.07) is 67.0. The van der Waals surface area contributed by atoms with E-state index >= 15 is 0 Å². The smallest absolute Gasteiger partial charge is 0.0991 e. The predicted molar refractivity (Wildman–Crippen MR) is 387 cm³/mol. The quantitative estimate of drug-likeness (QED) is 0.0264. The summed E-state index contributed by atoms with van der Waals surface area (Å²) in [5, 5.41) is 8.19. The van der Waals surface area contributed by atoms with E-state index in [9.17, 15) is 0 Å². The molecular weight excluding hydrogens is 1070 g/mol. The van der Waals surface area contributed by atoms with Gasteiger partial charge in [-0.3, -0.25) is 0 Å².